The zero-order valence-corrected chi connectivity index (χ0v) is 14.0. The molecule has 0 fully saturated rings. The Morgan fingerprint density at radius 1 is 1.48 bits per heavy atom. The van der Waals surface area contributed by atoms with Crippen LogP contribution < -0.4 is 0 Å². The van der Waals surface area contributed by atoms with E-state index in [9.17, 15) is 9.90 Å². The number of carbonyl (C=O) groups is 1. The molecule has 23 heavy (non-hydrogen) atoms. The number of aliphatic hydroxyl groups is 1. The van der Waals surface area contributed by atoms with Crippen LogP contribution in [0.25, 0.3) is 0 Å². The molecule has 0 saturated carbocycles. The average molecular weight is 319 g/mol. The SMILES string of the molecule is CC[C@@H](CO)N(Cc1ccco1)C(=O)CCc1c(C)n[nH]c1C. The Labute approximate surface area is 136 Å². The van der Waals surface area contributed by atoms with Crippen LogP contribution in [-0.2, 0) is 17.8 Å². The summed E-state index contributed by atoms with van der Waals surface area (Å²) in [7, 11) is 0. The van der Waals surface area contributed by atoms with Gasteiger partial charge in [0.1, 0.15) is 5.76 Å². The second-order valence-electron chi connectivity index (χ2n) is 5.76. The van der Waals surface area contributed by atoms with E-state index in [4.69, 9.17) is 4.42 Å². The summed E-state index contributed by atoms with van der Waals surface area (Å²) in [5, 5.41) is 16.7. The summed E-state index contributed by atoms with van der Waals surface area (Å²) >= 11 is 0. The number of aromatic amines is 1. The molecule has 0 aromatic carbocycles. The van der Waals surface area contributed by atoms with Gasteiger partial charge in [0, 0.05) is 12.1 Å². The lowest BCUT2D eigenvalue weighted by Crippen LogP contribution is -2.41. The Kier molecular flexibility index (Phi) is 5.98. The minimum absolute atomic E-state index is 0.0160. The van der Waals surface area contributed by atoms with Gasteiger partial charge in [-0.15, -0.1) is 0 Å². The van der Waals surface area contributed by atoms with Crippen LogP contribution in [0.5, 0.6) is 0 Å². The van der Waals surface area contributed by atoms with E-state index in [0.717, 1.165) is 22.7 Å². The van der Waals surface area contributed by atoms with Crippen molar-refractivity contribution in [3.05, 3.63) is 41.1 Å². The van der Waals surface area contributed by atoms with E-state index >= 15 is 0 Å². The van der Waals surface area contributed by atoms with Crippen molar-refractivity contribution in [2.45, 2.75) is 52.6 Å². The summed E-state index contributed by atoms with van der Waals surface area (Å²) < 4.78 is 5.35. The summed E-state index contributed by atoms with van der Waals surface area (Å²) in [4.78, 5) is 14.4. The maximum absolute atomic E-state index is 12.7. The number of nitrogens with one attached hydrogen (secondary N) is 1. The number of H-pyrrole nitrogens is 1. The van der Waals surface area contributed by atoms with E-state index in [2.05, 4.69) is 10.2 Å². The first-order valence-electron chi connectivity index (χ1n) is 8.00. The molecule has 2 heterocycles. The Morgan fingerprint density at radius 2 is 2.26 bits per heavy atom. The van der Waals surface area contributed by atoms with Crippen molar-refractivity contribution in [3.8, 4) is 0 Å². The van der Waals surface area contributed by atoms with Gasteiger partial charge in [0.05, 0.1) is 31.2 Å². The summed E-state index contributed by atoms with van der Waals surface area (Å²) in [5.41, 5.74) is 3.03. The predicted molar refractivity (Wildman–Crippen MR) is 86.8 cm³/mol. The smallest absolute Gasteiger partial charge is 0.223 e. The van der Waals surface area contributed by atoms with Crippen molar-refractivity contribution < 1.29 is 14.3 Å². The molecule has 2 rings (SSSR count). The van der Waals surface area contributed by atoms with Crippen LogP contribution in [0.1, 0.15) is 42.5 Å². The van der Waals surface area contributed by atoms with Crippen LogP contribution in [0.15, 0.2) is 22.8 Å². The van der Waals surface area contributed by atoms with Crippen molar-refractivity contribution in [2.24, 2.45) is 0 Å². The lowest BCUT2D eigenvalue weighted by molar-refractivity contribution is -0.135. The van der Waals surface area contributed by atoms with Gasteiger partial charge in [0.15, 0.2) is 0 Å². The topological polar surface area (TPSA) is 82.4 Å². The fourth-order valence-corrected chi connectivity index (χ4v) is 2.76. The van der Waals surface area contributed by atoms with Gasteiger partial charge in [-0.2, -0.15) is 5.10 Å². The highest BCUT2D eigenvalue weighted by Gasteiger charge is 2.23. The van der Waals surface area contributed by atoms with Crippen LogP contribution in [0.4, 0.5) is 0 Å². The Bertz CT molecular complexity index is 596. The van der Waals surface area contributed by atoms with Gasteiger partial charge in [0.25, 0.3) is 0 Å². The first-order valence-corrected chi connectivity index (χ1v) is 8.00. The molecule has 6 heteroatoms. The van der Waals surface area contributed by atoms with Gasteiger partial charge in [-0.25, -0.2) is 0 Å². The summed E-state index contributed by atoms with van der Waals surface area (Å²) in [6.45, 7) is 6.20. The van der Waals surface area contributed by atoms with Gasteiger partial charge in [-0.3, -0.25) is 9.89 Å². The maximum Gasteiger partial charge on any atom is 0.223 e. The van der Waals surface area contributed by atoms with E-state index in [1.807, 2.05) is 26.8 Å². The monoisotopic (exact) mass is 319 g/mol. The molecule has 2 aromatic heterocycles. The number of amides is 1. The molecule has 0 radical (unpaired) electrons. The molecule has 2 N–H and O–H groups in total. The Balaban J connectivity index is 2.06. The molecule has 2 aromatic rings. The number of carbonyl (C=O) groups excluding carboxylic acids is 1. The normalized spacial score (nSPS) is 12.3. The zero-order valence-electron chi connectivity index (χ0n) is 14.0. The van der Waals surface area contributed by atoms with Gasteiger partial charge in [-0.05, 0) is 44.4 Å². The van der Waals surface area contributed by atoms with Crippen molar-refractivity contribution in [1.82, 2.24) is 15.1 Å². The lowest BCUT2D eigenvalue weighted by Gasteiger charge is -2.29. The highest BCUT2D eigenvalue weighted by molar-refractivity contribution is 5.76. The third-order valence-electron chi connectivity index (χ3n) is 4.22. The second-order valence-corrected chi connectivity index (χ2v) is 5.76. The summed E-state index contributed by atoms with van der Waals surface area (Å²) in [5.74, 6) is 0.739. The molecule has 0 aliphatic rings. The second kappa shape index (κ2) is 7.97. The Morgan fingerprint density at radius 3 is 2.78 bits per heavy atom. The summed E-state index contributed by atoms with van der Waals surface area (Å²) in [6, 6.07) is 3.45. The predicted octanol–water partition coefficient (Wildman–Crippen LogP) is 2.35. The largest absolute Gasteiger partial charge is 0.467 e. The Hall–Kier alpha value is -2.08. The molecule has 0 bridgehead atoms. The maximum atomic E-state index is 12.7. The van der Waals surface area contributed by atoms with Crippen LogP contribution in [0.2, 0.25) is 0 Å². The molecular formula is C17H25N3O3. The third kappa shape index (κ3) is 4.22. The van der Waals surface area contributed by atoms with Crippen molar-refractivity contribution in [2.75, 3.05) is 6.61 Å². The quantitative estimate of drug-likeness (QED) is 0.782. The highest BCUT2D eigenvalue weighted by atomic mass is 16.3. The van der Waals surface area contributed by atoms with E-state index in [1.54, 1.807) is 17.2 Å². The number of hydrogen-bond acceptors (Lipinski definition) is 4. The van der Waals surface area contributed by atoms with E-state index in [1.165, 1.54) is 0 Å². The molecule has 1 atom stereocenters. The number of aliphatic hydroxyl groups excluding tert-OH is 1. The fraction of sp³-hybridized carbons (Fsp3) is 0.529. The van der Waals surface area contributed by atoms with Crippen LogP contribution in [0.3, 0.4) is 0 Å². The minimum atomic E-state index is -0.195. The van der Waals surface area contributed by atoms with Crippen LogP contribution in [-0.4, -0.2) is 38.8 Å². The van der Waals surface area contributed by atoms with Crippen molar-refractivity contribution >= 4 is 5.91 Å². The van der Waals surface area contributed by atoms with E-state index < -0.39 is 0 Å². The number of rotatable bonds is 8. The molecular weight excluding hydrogens is 294 g/mol. The zero-order chi connectivity index (χ0) is 16.8. The molecule has 126 valence electrons. The molecule has 0 saturated heterocycles. The van der Waals surface area contributed by atoms with Crippen LogP contribution >= 0.6 is 0 Å². The number of hydrogen-bond donors (Lipinski definition) is 2. The number of furan rings is 1. The van der Waals surface area contributed by atoms with Gasteiger partial charge in [0.2, 0.25) is 5.91 Å². The average Bonchev–Trinajstić information content (AvgIpc) is 3.16. The highest BCUT2D eigenvalue weighted by Crippen LogP contribution is 2.16. The first kappa shape index (κ1) is 17.3. The molecule has 6 nitrogen and oxygen atoms in total. The number of nitrogens with zero attached hydrogens (tertiary/aromatic N) is 2. The first-order chi connectivity index (χ1) is 11.1. The van der Waals surface area contributed by atoms with Gasteiger partial charge < -0.3 is 14.4 Å². The van der Waals surface area contributed by atoms with E-state index in [-0.39, 0.29) is 18.6 Å². The molecule has 0 aliphatic heterocycles. The van der Waals surface area contributed by atoms with Crippen molar-refractivity contribution in [3.63, 3.8) is 0 Å². The van der Waals surface area contributed by atoms with Crippen LogP contribution in [0, 0.1) is 13.8 Å². The molecule has 0 unspecified atom stereocenters. The molecule has 0 spiro atoms. The lowest BCUT2D eigenvalue weighted by atomic mass is 10.1. The van der Waals surface area contributed by atoms with Crippen molar-refractivity contribution in [1.29, 1.82) is 0 Å². The number of aryl methyl sites for hydroxylation is 2. The fourth-order valence-electron chi connectivity index (χ4n) is 2.76. The standard InChI is InChI=1S/C17H25N3O3/c1-4-14(11-21)20(10-15-6-5-9-23-15)17(22)8-7-16-12(2)18-19-13(16)3/h5-6,9,14,21H,4,7-8,10-11H2,1-3H3,(H,18,19)/t14-/m0/s1. The van der Waals surface area contributed by atoms with Gasteiger partial charge in [-0.1, -0.05) is 6.92 Å². The minimum Gasteiger partial charge on any atom is -0.467 e. The number of aromatic nitrogens is 2. The third-order valence-corrected chi connectivity index (χ3v) is 4.22. The van der Waals surface area contributed by atoms with Gasteiger partial charge >= 0.3 is 0 Å². The molecule has 0 aliphatic carbocycles. The summed E-state index contributed by atoms with van der Waals surface area (Å²) in [6.07, 6.45) is 3.32. The van der Waals surface area contributed by atoms with E-state index in [0.29, 0.717) is 25.8 Å². The molecule has 1 amide bonds.